The molecule has 0 unspecified atom stereocenters. The number of methoxy groups -OCH3 is 2. The number of hydrogen-bond acceptors (Lipinski definition) is 5. The van der Waals surface area contributed by atoms with Crippen molar-refractivity contribution < 1.29 is 23.9 Å². The average Bonchev–Trinajstić information content (AvgIpc) is 3.03. The number of rotatable bonds is 6. The lowest BCUT2D eigenvalue weighted by Crippen LogP contribution is -2.39. The van der Waals surface area contributed by atoms with Gasteiger partial charge in [-0.2, -0.15) is 0 Å². The molecule has 4 rings (SSSR count). The zero-order valence-corrected chi connectivity index (χ0v) is 18.0. The summed E-state index contributed by atoms with van der Waals surface area (Å²) in [6.45, 7) is 2.86. The van der Waals surface area contributed by atoms with Crippen LogP contribution in [0.15, 0.2) is 36.4 Å². The summed E-state index contributed by atoms with van der Waals surface area (Å²) in [6, 6.07) is 10.7. The molecule has 2 aliphatic rings. The normalized spacial score (nSPS) is 17.5. The molecule has 0 fully saturated rings. The number of carbonyl (C=O) groups is 3. The fraction of sp³-hybridized carbons (Fsp3) is 0.375. The van der Waals surface area contributed by atoms with Crippen molar-refractivity contribution in [2.75, 3.05) is 27.3 Å². The summed E-state index contributed by atoms with van der Waals surface area (Å²) in [6.07, 6.45) is 1.46. The van der Waals surface area contributed by atoms with Crippen molar-refractivity contribution in [3.8, 4) is 11.5 Å². The first-order chi connectivity index (χ1) is 15.0. The van der Waals surface area contributed by atoms with Gasteiger partial charge < -0.3 is 14.4 Å². The van der Waals surface area contributed by atoms with E-state index in [0.717, 1.165) is 17.5 Å². The van der Waals surface area contributed by atoms with Gasteiger partial charge in [0.2, 0.25) is 5.91 Å². The summed E-state index contributed by atoms with van der Waals surface area (Å²) in [4.78, 5) is 41.0. The topological polar surface area (TPSA) is 76.2 Å². The van der Waals surface area contributed by atoms with Crippen LogP contribution in [0.1, 0.15) is 57.7 Å². The molecule has 0 bridgehead atoms. The van der Waals surface area contributed by atoms with Crippen LogP contribution >= 0.6 is 0 Å². The molecule has 0 saturated carbocycles. The third-order valence-corrected chi connectivity index (χ3v) is 6.16. The lowest BCUT2D eigenvalue weighted by molar-refractivity contribution is -0.133. The van der Waals surface area contributed by atoms with E-state index in [1.807, 2.05) is 24.0 Å². The predicted molar refractivity (Wildman–Crippen MR) is 114 cm³/mol. The van der Waals surface area contributed by atoms with Crippen LogP contribution in [0.4, 0.5) is 0 Å². The first kappa shape index (κ1) is 20.9. The summed E-state index contributed by atoms with van der Waals surface area (Å²) >= 11 is 0. The first-order valence-electron chi connectivity index (χ1n) is 10.5. The van der Waals surface area contributed by atoms with E-state index in [4.69, 9.17) is 9.47 Å². The van der Waals surface area contributed by atoms with Gasteiger partial charge in [-0.05, 0) is 55.2 Å². The Hall–Kier alpha value is -3.35. The van der Waals surface area contributed by atoms with Crippen LogP contribution in [0, 0.1) is 0 Å². The molecule has 0 spiro atoms. The van der Waals surface area contributed by atoms with Crippen LogP contribution in [-0.2, 0) is 11.2 Å². The lowest BCUT2D eigenvalue weighted by Gasteiger charge is -2.36. The highest BCUT2D eigenvalue weighted by Crippen LogP contribution is 2.38. The monoisotopic (exact) mass is 422 g/mol. The SMILES string of the molecule is COc1cc2c(cc1OC)[C@H](C)N(C(=O)CCCN1C(=O)c3ccccc3C1=O)CC2. The van der Waals surface area contributed by atoms with Crippen LogP contribution < -0.4 is 9.47 Å². The number of benzene rings is 2. The van der Waals surface area contributed by atoms with E-state index in [9.17, 15) is 14.4 Å². The quantitative estimate of drug-likeness (QED) is 0.668. The highest BCUT2D eigenvalue weighted by atomic mass is 16.5. The van der Waals surface area contributed by atoms with E-state index in [0.29, 0.717) is 35.6 Å². The van der Waals surface area contributed by atoms with Crippen LogP contribution in [-0.4, -0.2) is 54.8 Å². The Labute approximate surface area is 181 Å². The number of amides is 3. The maximum absolute atomic E-state index is 12.9. The van der Waals surface area contributed by atoms with Gasteiger partial charge in [0.25, 0.3) is 11.8 Å². The molecule has 2 aromatic carbocycles. The molecule has 0 aromatic heterocycles. The summed E-state index contributed by atoms with van der Waals surface area (Å²) in [5, 5.41) is 0. The molecule has 7 heteroatoms. The minimum Gasteiger partial charge on any atom is -0.493 e. The third-order valence-electron chi connectivity index (χ3n) is 6.16. The highest BCUT2D eigenvalue weighted by molar-refractivity contribution is 6.21. The maximum atomic E-state index is 12.9. The Morgan fingerprint density at radius 3 is 2.26 bits per heavy atom. The number of nitrogens with zero attached hydrogens (tertiary/aromatic N) is 2. The maximum Gasteiger partial charge on any atom is 0.261 e. The van der Waals surface area contributed by atoms with Crippen LogP contribution in [0.5, 0.6) is 11.5 Å². The molecular weight excluding hydrogens is 396 g/mol. The van der Waals surface area contributed by atoms with Crippen molar-refractivity contribution in [1.82, 2.24) is 9.80 Å². The van der Waals surface area contributed by atoms with E-state index in [1.54, 1.807) is 38.5 Å². The summed E-state index contributed by atoms with van der Waals surface area (Å²) in [5.74, 6) is 0.787. The smallest absolute Gasteiger partial charge is 0.261 e. The summed E-state index contributed by atoms with van der Waals surface area (Å²) in [5.41, 5.74) is 3.08. The molecule has 0 N–H and O–H groups in total. The minimum atomic E-state index is -0.283. The molecule has 31 heavy (non-hydrogen) atoms. The van der Waals surface area contributed by atoms with E-state index >= 15 is 0 Å². The zero-order chi connectivity index (χ0) is 22.1. The van der Waals surface area contributed by atoms with Crippen molar-refractivity contribution in [2.24, 2.45) is 0 Å². The van der Waals surface area contributed by atoms with Gasteiger partial charge >= 0.3 is 0 Å². The van der Waals surface area contributed by atoms with Gasteiger partial charge in [-0.1, -0.05) is 12.1 Å². The number of fused-ring (bicyclic) bond motifs is 2. The standard InChI is InChI=1S/C24H26N2O5/c1-15-19-14-21(31-3)20(30-2)13-16(19)10-12-25(15)22(27)9-6-11-26-23(28)17-7-4-5-8-18(17)24(26)29/h4-5,7-8,13-15H,6,9-12H2,1-3H3/t15-/m0/s1. The van der Waals surface area contributed by atoms with Gasteiger partial charge in [0.05, 0.1) is 31.4 Å². The summed E-state index contributed by atoms with van der Waals surface area (Å²) in [7, 11) is 3.21. The Morgan fingerprint density at radius 2 is 1.65 bits per heavy atom. The number of imide groups is 1. The second-order valence-corrected chi connectivity index (χ2v) is 7.83. The van der Waals surface area contributed by atoms with Crippen LogP contribution in [0.25, 0.3) is 0 Å². The van der Waals surface area contributed by atoms with E-state index in [1.165, 1.54) is 4.90 Å². The highest BCUT2D eigenvalue weighted by Gasteiger charge is 2.35. The predicted octanol–water partition coefficient (Wildman–Crippen LogP) is 3.23. The van der Waals surface area contributed by atoms with Crippen molar-refractivity contribution in [3.05, 3.63) is 58.7 Å². The Balaban J connectivity index is 1.39. The lowest BCUT2D eigenvalue weighted by atomic mass is 9.92. The van der Waals surface area contributed by atoms with Crippen LogP contribution in [0.3, 0.4) is 0 Å². The van der Waals surface area contributed by atoms with Gasteiger partial charge in [0, 0.05) is 19.5 Å². The fourth-order valence-electron chi connectivity index (χ4n) is 4.46. The summed E-state index contributed by atoms with van der Waals surface area (Å²) < 4.78 is 10.8. The molecule has 2 aromatic rings. The second kappa shape index (κ2) is 8.41. The minimum absolute atomic E-state index is 0.0181. The largest absolute Gasteiger partial charge is 0.493 e. The molecule has 0 aliphatic carbocycles. The molecule has 0 saturated heterocycles. The van der Waals surface area contributed by atoms with Crippen molar-refractivity contribution in [1.29, 1.82) is 0 Å². The molecule has 162 valence electrons. The zero-order valence-electron chi connectivity index (χ0n) is 18.0. The van der Waals surface area contributed by atoms with E-state index in [-0.39, 0.29) is 36.7 Å². The molecule has 1 atom stereocenters. The van der Waals surface area contributed by atoms with Gasteiger partial charge in [0.15, 0.2) is 11.5 Å². The molecule has 0 radical (unpaired) electrons. The Kier molecular flexibility index (Phi) is 5.67. The molecule has 7 nitrogen and oxygen atoms in total. The third kappa shape index (κ3) is 3.65. The van der Waals surface area contributed by atoms with Gasteiger partial charge in [0.1, 0.15) is 0 Å². The van der Waals surface area contributed by atoms with Crippen molar-refractivity contribution in [2.45, 2.75) is 32.2 Å². The Bertz CT molecular complexity index is 1010. The molecule has 2 aliphatic heterocycles. The Morgan fingerprint density at radius 1 is 1.03 bits per heavy atom. The second-order valence-electron chi connectivity index (χ2n) is 7.83. The molecule has 2 heterocycles. The molecule has 3 amide bonds. The van der Waals surface area contributed by atoms with Crippen molar-refractivity contribution >= 4 is 17.7 Å². The fourth-order valence-corrected chi connectivity index (χ4v) is 4.46. The van der Waals surface area contributed by atoms with E-state index in [2.05, 4.69) is 0 Å². The average molecular weight is 422 g/mol. The first-order valence-corrected chi connectivity index (χ1v) is 10.5. The number of hydrogen-bond donors (Lipinski definition) is 0. The number of carbonyl (C=O) groups excluding carboxylic acids is 3. The van der Waals surface area contributed by atoms with E-state index < -0.39 is 0 Å². The number of ether oxygens (including phenoxy) is 2. The van der Waals surface area contributed by atoms with Gasteiger partial charge in [-0.25, -0.2) is 0 Å². The molecular formula is C24H26N2O5. The van der Waals surface area contributed by atoms with Crippen LogP contribution in [0.2, 0.25) is 0 Å². The van der Waals surface area contributed by atoms with Crippen molar-refractivity contribution in [3.63, 3.8) is 0 Å². The van der Waals surface area contributed by atoms with Gasteiger partial charge in [-0.15, -0.1) is 0 Å². The van der Waals surface area contributed by atoms with Gasteiger partial charge in [-0.3, -0.25) is 19.3 Å².